The number of hydrogen-bond donors (Lipinski definition) is 1. The van der Waals surface area contributed by atoms with Gasteiger partial charge < -0.3 is 10.1 Å². The Kier molecular flexibility index (Phi) is 5.75. The Bertz CT molecular complexity index is 1030. The summed E-state index contributed by atoms with van der Waals surface area (Å²) in [7, 11) is 0. The second-order valence-corrected chi connectivity index (χ2v) is 6.50. The van der Waals surface area contributed by atoms with Crippen molar-refractivity contribution in [2.75, 3.05) is 11.9 Å². The van der Waals surface area contributed by atoms with E-state index in [1.807, 2.05) is 19.9 Å². The average Bonchev–Trinajstić information content (AvgIpc) is 3.01. The number of aryl methyl sites for hydroxylation is 2. The van der Waals surface area contributed by atoms with Crippen LogP contribution in [0.25, 0.3) is 5.82 Å². The van der Waals surface area contributed by atoms with Gasteiger partial charge in [-0.15, -0.1) is 0 Å². The van der Waals surface area contributed by atoms with E-state index in [1.165, 1.54) is 0 Å². The van der Waals surface area contributed by atoms with E-state index in [0.717, 1.165) is 11.4 Å². The molecule has 0 bridgehead atoms. The first-order valence-corrected chi connectivity index (χ1v) is 9.05. The molecule has 28 heavy (non-hydrogen) atoms. The van der Waals surface area contributed by atoms with Gasteiger partial charge in [0.25, 0.3) is 5.91 Å². The normalized spacial score (nSPS) is 10.6. The number of nitrogens with zero attached hydrogens (tertiary/aromatic N) is 3. The van der Waals surface area contributed by atoms with Gasteiger partial charge in [0, 0.05) is 11.4 Å². The lowest BCUT2D eigenvalue weighted by atomic mass is 10.2. The lowest BCUT2D eigenvalue weighted by Gasteiger charge is -2.09. The maximum absolute atomic E-state index is 12.7. The van der Waals surface area contributed by atoms with E-state index in [-0.39, 0.29) is 10.7 Å². The fourth-order valence-electron chi connectivity index (χ4n) is 2.66. The Morgan fingerprint density at radius 1 is 1.14 bits per heavy atom. The Hall–Kier alpha value is -3.19. The molecule has 0 aliphatic rings. The molecule has 0 aliphatic heterocycles. The molecule has 3 rings (SSSR count). The van der Waals surface area contributed by atoms with E-state index in [9.17, 15) is 9.59 Å². The second-order valence-electron chi connectivity index (χ2n) is 6.09. The minimum Gasteiger partial charge on any atom is -0.462 e. The summed E-state index contributed by atoms with van der Waals surface area (Å²) in [5.41, 5.74) is 2.74. The van der Waals surface area contributed by atoms with E-state index in [1.54, 1.807) is 48.0 Å². The summed E-state index contributed by atoms with van der Waals surface area (Å²) in [6.45, 7) is 5.82. The van der Waals surface area contributed by atoms with Gasteiger partial charge in [-0.05, 0) is 63.2 Å². The molecular weight excluding hydrogens is 380 g/mol. The Morgan fingerprint density at radius 2 is 1.86 bits per heavy atom. The zero-order valence-electron chi connectivity index (χ0n) is 15.7. The highest BCUT2D eigenvalue weighted by atomic mass is 35.5. The molecule has 8 heteroatoms. The summed E-state index contributed by atoms with van der Waals surface area (Å²) >= 11 is 6.18. The standard InChI is InChI=1S/C20H19ClN4O3/c1-4-28-20(27)14-5-7-15(8-6-14)22-19(26)18-16(21)9-10-17(23-18)25-13(3)11-12(2)24-25/h5-11H,4H2,1-3H3,(H,22,26). The molecule has 0 unspecified atom stereocenters. The Morgan fingerprint density at radius 3 is 2.46 bits per heavy atom. The summed E-state index contributed by atoms with van der Waals surface area (Å²) in [5.74, 6) is -0.377. The van der Waals surface area contributed by atoms with Gasteiger partial charge in [0.2, 0.25) is 0 Å². The molecule has 144 valence electrons. The highest BCUT2D eigenvalue weighted by molar-refractivity contribution is 6.34. The number of pyridine rings is 1. The van der Waals surface area contributed by atoms with E-state index >= 15 is 0 Å². The van der Waals surface area contributed by atoms with Gasteiger partial charge in [-0.2, -0.15) is 5.10 Å². The van der Waals surface area contributed by atoms with Crippen LogP contribution in [0.5, 0.6) is 0 Å². The van der Waals surface area contributed by atoms with Crippen LogP contribution in [0.1, 0.15) is 39.2 Å². The Labute approximate surface area is 167 Å². The van der Waals surface area contributed by atoms with E-state index in [0.29, 0.717) is 23.7 Å². The lowest BCUT2D eigenvalue weighted by molar-refractivity contribution is 0.0526. The third kappa shape index (κ3) is 4.20. The molecule has 0 aliphatic carbocycles. The van der Waals surface area contributed by atoms with Crippen LogP contribution in [0, 0.1) is 13.8 Å². The maximum Gasteiger partial charge on any atom is 0.338 e. The average molecular weight is 399 g/mol. The summed E-state index contributed by atoms with van der Waals surface area (Å²) in [5, 5.41) is 7.33. The van der Waals surface area contributed by atoms with Crippen LogP contribution in [-0.2, 0) is 4.74 Å². The molecule has 1 N–H and O–H groups in total. The predicted molar refractivity (Wildman–Crippen MR) is 106 cm³/mol. The van der Waals surface area contributed by atoms with Gasteiger partial charge in [-0.1, -0.05) is 11.6 Å². The van der Waals surface area contributed by atoms with Crippen molar-refractivity contribution >= 4 is 29.2 Å². The number of amides is 1. The maximum atomic E-state index is 12.7. The number of hydrogen-bond acceptors (Lipinski definition) is 5. The van der Waals surface area contributed by atoms with Crippen LogP contribution in [0.3, 0.4) is 0 Å². The first-order chi connectivity index (χ1) is 13.4. The van der Waals surface area contributed by atoms with Crippen molar-refractivity contribution in [3.8, 4) is 5.82 Å². The summed E-state index contributed by atoms with van der Waals surface area (Å²) in [6, 6.07) is 11.6. The van der Waals surface area contributed by atoms with Gasteiger partial charge >= 0.3 is 5.97 Å². The molecule has 2 heterocycles. The predicted octanol–water partition coefficient (Wildman–Crippen LogP) is 3.97. The molecule has 1 amide bonds. The smallest absolute Gasteiger partial charge is 0.338 e. The fraction of sp³-hybridized carbons (Fsp3) is 0.200. The summed E-state index contributed by atoms with van der Waals surface area (Å²) in [6.07, 6.45) is 0. The van der Waals surface area contributed by atoms with Crippen molar-refractivity contribution in [3.05, 3.63) is 70.1 Å². The van der Waals surface area contributed by atoms with E-state index < -0.39 is 11.9 Å². The largest absolute Gasteiger partial charge is 0.462 e. The van der Waals surface area contributed by atoms with Gasteiger partial charge in [0.15, 0.2) is 5.82 Å². The molecule has 0 saturated heterocycles. The fourth-order valence-corrected chi connectivity index (χ4v) is 2.86. The zero-order valence-corrected chi connectivity index (χ0v) is 16.4. The van der Waals surface area contributed by atoms with Crippen LogP contribution in [0.2, 0.25) is 5.02 Å². The molecule has 0 fully saturated rings. The van der Waals surface area contributed by atoms with E-state index in [2.05, 4.69) is 15.4 Å². The van der Waals surface area contributed by atoms with E-state index in [4.69, 9.17) is 16.3 Å². The number of ether oxygens (including phenoxy) is 1. The molecule has 0 radical (unpaired) electrons. The number of rotatable bonds is 5. The van der Waals surface area contributed by atoms with Crippen molar-refractivity contribution in [1.29, 1.82) is 0 Å². The van der Waals surface area contributed by atoms with Crippen molar-refractivity contribution < 1.29 is 14.3 Å². The monoisotopic (exact) mass is 398 g/mol. The number of carbonyl (C=O) groups excluding carboxylic acids is 2. The van der Waals surface area contributed by atoms with Gasteiger partial charge in [-0.3, -0.25) is 4.79 Å². The number of esters is 1. The minimum absolute atomic E-state index is 0.0844. The van der Waals surface area contributed by atoms with Gasteiger partial charge in [0.05, 0.1) is 22.9 Å². The summed E-state index contributed by atoms with van der Waals surface area (Å²) < 4.78 is 6.59. The zero-order chi connectivity index (χ0) is 20.3. The highest BCUT2D eigenvalue weighted by Gasteiger charge is 2.16. The van der Waals surface area contributed by atoms with Crippen LogP contribution in [-0.4, -0.2) is 33.2 Å². The first kappa shape index (κ1) is 19.6. The van der Waals surface area contributed by atoms with Crippen LogP contribution in [0.15, 0.2) is 42.5 Å². The molecule has 3 aromatic rings. The molecular formula is C20H19ClN4O3. The van der Waals surface area contributed by atoms with Crippen LogP contribution >= 0.6 is 11.6 Å². The SMILES string of the molecule is CCOC(=O)c1ccc(NC(=O)c2nc(-n3nc(C)cc3C)ccc2Cl)cc1. The molecule has 2 aromatic heterocycles. The molecule has 0 spiro atoms. The number of benzene rings is 1. The second kappa shape index (κ2) is 8.22. The third-order valence-corrected chi connectivity index (χ3v) is 4.23. The third-order valence-electron chi connectivity index (χ3n) is 3.93. The number of aromatic nitrogens is 3. The molecule has 7 nitrogen and oxygen atoms in total. The molecule has 0 saturated carbocycles. The van der Waals surface area contributed by atoms with Crippen molar-refractivity contribution in [2.24, 2.45) is 0 Å². The lowest BCUT2D eigenvalue weighted by Crippen LogP contribution is -2.16. The Balaban J connectivity index is 1.82. The van der Waals surface area contributed by atoms with Gasteiger partial charge in [0.1, 0.15) is 5.69 Å². The first-order valence-electron chi connectivity index (χ1n) is 8.67. The molecule has 0 atom stereocenters. The van der Waals surface area contributed by atoms with Crippen molar-refractivity contribution in [1.82, 2.24) is 14.8 Å². The number of nitrogens with one attached hydrogen (secondary N) is 1. The molecule has 1 aromatic carbocycles. The van der Waals surface area contributed by atoms with Crippen LogP contribution < -0.4 is 5.32 Å². The topological polar surface area (TPSA) is 86.1 Å². The highest BCUT2D eigenvalue weighted by Crippen LogP contribution is 2.19. The van der Waals surface area contributed by atoms with Crippen molar-refractivity contribution in [3.63, 3.8) is 0 Å². The number of carbonyl (C=O) groups is 2. The van der Waals surface area contributed by atoms with Crippen LogP contribution in [0.4, 0.5) is 5.69 Å². The van der Waals surface area contributed by atoms with Gasteiger partial charge in [-0.25, -0.2) is 14.5 Å². The number of halogens is 1. The minimum atomic E-state index is -0.461. The number of anilines is 1. The summed E-state index contributed by atoms with van der Waals surface area (Å²) in [4.78, 5) is 28.7. The van der Waals surface area contributed by atoms with Crippen molar-refractivity contribution in [2.45, 2.75) is 20.8 Å². The quantitative estimate of drug-likeness (QED) is 0.657.